The van der Waals surface area contributed by atoms with E-state index in [0.29, 0.717) is 6.54 Å². The Hall–Kier alpha value is -1.17. The summed E-state index contributed by atoms with van der Waals surface area (Å²) in [6, 6.07) is 4.71. The third-order valence-corrected chi connectivity index (χ3v) is 3.76. The summed E-state index contributed by atoms with van der Waals surface area (Å²) in [5.74, 6) is -0.273. The minimum Gasteiger partial charge on any atom is -0.391 e. The van der Waals surface area contributed by atoms with Crippen molar-refractivity contribution in [3.63, 3.8) is 0 Å². The largest absolute Gasteiger partial charge is 0.391 e. The van der Waals surface area contributed by atoms with Gasteiger partial charge in [0, 0.05) is 30.9 Å². The fraction of sp³-hybridized carbons (Fsp3) is 0.600. The van der Waals surface area contributed by atoms with Crippen LogP contribution < -0.4 is 10.6 Å². The molecule has 1 aromatic rings. The van der Waals surface area contributed by atoms with E-state index in [1.54, 1.807) is 6.07 Å². The Bertz CT molecular complexity index is 464. The van der Waals surface area contributed by atoms with Crippen LogP contribution in [0.15, 0.2) is 18.2 Å². The highest BCUT2D eigenvalue weighted by Gasteiger charge is 2.32. The van der Waals surface area contributed by atoms with Crippen LogP contribution in [0.1, 0.15) is 24.9 Å². The molecule has 0 bridgehead atoms. The number of nitrogens with zero attached hydrogens (tertiary/aromatic N) is 2. The second kappa shape index (κ2) is 6.08. The van der Waals surface area contributed by atoms with Crippen molar-refractivity contribution < 1.29 is 9.50 Å². The fourth-order valence-corrected chi connectivity index (χ4v) is 2.93. The smallest absolute Gasteiger partial charge is 0.123 e. The Balaban J connectivity index is 2.33. The van der Waals surface area contributed by atoms with Crippen molar-refractivity contribution in [3.8, 4) is 0 Å². The molecule has 1 aliphatic rings. The first kappa shape index (κ1) is 15.2. The quantitative estimate of drug-likeness (QED) is 0.874. The number of aliphatic hydroxyl groups is 1. The highest BCUT2D eigenvalue weighted by molar-refractivity contribution is 5.57. The van der Waals surface area contributed by atoms with E-state index in [0.717, 1.165) is 24.2 Å². The lowest BCUT2D eigenvalue weighted by Gasteiger charge is -2.31. The first-order chi connectivity index (χ1) is 9.38. The van der Waals surface area contributed by atoms with Crippen molar-refractivity contribution in [2.45, 2.75) is 31.5 Å². The van der Waals surface area contributed by atoms with Crippen molar-refractivity contribution in [3.05, 3.63) is 29.6 Å². The van der Waals surface area contributed by atoms with Crippen molar-refractivity contribution in [2.75, 3.05) is 32.1 Å². The Morgan fingerprint density at radius 3 is 2.80 bits per heavy atom. The van der Waals surface area contributed by atoms with Gasteiger partial charge in [0.2, 0.25) is 0 Å². The van der Waals surface area contributed by atoms with Gasteiger partial charge in [0.25, 0.3) is 0 Å². The molecule has 2 rings (SSSR count). The second-order valence-electron chi connectivity index (χ2n) is 5.95. The fourth-order valence-electron chi connectivity index (χ4n) is 2.93. The molecule has 1 aliphatic heterocycles. The minimum atomic E-state index is -0.342. The molecule has 1 saturated heterocycles. The van der Waals surface area contributed by atoms with Gasteiger partial charge in [-0.25, -0.2) is 4.39 Å². The third kappa shape index (κ3) is 3.29. The molecule has 0 amide bonds. The SMILES string of the molecule is C[C@H](N)c1cc(F)ccc1N1CC(O)CC1CN(C)C. The summed E-state index contributed by atoms with van der Waals surface area (Å²) in [6.07, 6.45) is 0.388. The number of hydrogen-bond donors (Lipinski definition) is 2. The molecule has 1 aromatic carbocycles. The summed E-state index contributed by atoms with van der Waals surface area (Å²) in [6.45, 7) is 3.28. The van der Waals surface area contributed by atoms with Crippen molar-refractivity contribution in [2.24, 2.45) is 5.73 Å². The zero-order valence-corrected chi connectivity index (χ0v) is 12.4. The lowest BCUT2D eigenvalue weighted by atomic mass is 10.0. The number of hydrogen-bond acceptors (Lipinski definition) is 4. The summed E-state index contributed by atoms with van der Waals surface area (Å²) < 4.78 is 13.4. The van der Waals surface area contributed by atoms with Gasteiger partial charge < -0.3 is 20.6 Å². The van der Waals surface area contributed by atoms with E-state index in [1.165, 1.54) is 12.1 Å². The molecule has 3 N–H and O–H groups in total. The summed E-state index contributed by atoms with van der Waals surface area (Å²) in [7, 11) is 4.03. The van der Waals surface area contributed by atoms with E-state index in [1.807, 2.05) is 21.0 Å². The molecule has 4 nitrogen and oxygen atoms in total. The van der Waals surface area contributed by atoms with Gasteiger partial charge in [0.1, 0.15) is 5.82 Å². The van der Waals surface area contributed by atoms with Crippen LogP contribution in [0.4, 0.5) is 10.1 Å². The average Bonchev–Trinajstić information content (AvgIpc) is 2.69. The van der Waals surface area contributed by atoms with Crippen LogP contribution in [0.2, 0.25) is 0 Å². The predicted octanol–water partition coefficient (Wildman–Crippen LogP) is 1.35. The van der Waals surface area contributed by atoms with Crippen LogP contribution in [0.3, 0.4) is 0 Å². The maximum atomic E-state index is 13.4. The van der Waals surface area contributed by atoms with Gasteiger partial charge in [-0.05, 0) is 51.2 Å². The maximum absolute atomic E-state index is 13.4. The molecule has 0 aromatic heterocycles. The molecular formula is C15H24FN3O. The van der Waals surface area contributed by atoms with Crippen LogP contribution in [0, 0.1) is 5.82 Å². The monoisotopic (exact) mass is 281 g/mol. The number of rotatable bonds is 4. The van der Waals surface area contributed by atoms with Crippen molar-refractivity contribution in [1.82, 2.24) is 4.90 Å². The lowest BCUT2D eigenvalue weighted by Crippen LogP contribution is -2.38. The van der Waals surface area contributed by atoms with Gasteiger partial charge in [-0.1, -0.05) is 0 Å². The predicted molar refractivity (Wildman–Crippen MR) is 79.3 cm³/mol. The summed E-state index contributed by atoms with van der Waals surface area (Å²) in [4.78, 5) is 4.26. The number of likely N-dealkylation sites (N-methyl/N-ethyl adjacent to an activating group) is 1. The van der Waals surface area contributed by atoms with Gasteiger partial charge in [-0.3, -0.25) is 0 Å². The Morgan fingerprint density at radius 1 is 1.50 bits per heavy atom. The van der Waals surface area contributed by atoms with Crippen molar-refractivity contribution in [1.29, 1.82) is 0 Å². The average molecular weight is 281 g/mol. The number of halogens is 1. The third-order valence-electron chi connectivity index (χ3n) is 3.76. The van der Waals surface area contributed by atoms with Crippen molar-refractivity contribution >= 4 is 5.69 Å². The zero-order valence-electron chi connectivity index (χ0n) is 12.4. The van der Waals surface area contributed by atoms with Gasteiger partial charge in [-0.2, -0.15) is 0 Å². The van der Waals surface area contributed by atoms with Gasteiger partial charge >= 0.3 is 0 Å². The molecule has 1 fully saturated rings. The van der Waals surface area contributed by atoms with Gasteiger partial charge in [0.15, 0.2) is 0 Å². The summed E-state index contributed by atoms with van der Waals surface area (Å²) in [5, 5.41) is 9.96. The van der Waals surface area contributed by atoms with E-state index in [4.69, 9.17) is 5.73 Å². The number of benzene rings is 1. The number of β-amino-alcohol motifs (C(OH)–C–C–N with tert-alkyl or cyclic N) is 1. The zero-order chi connectivity index (χ0) is 14.9. The van der Waals surface area contributed by atoms with Crippen LogP contribution in [0.5, 0.6) is 0 Å². The van der Waals surface area contributed by atoms with E-state index >= 15 is 0 Å². The standard InChI is InChI=1S/C15H24FN3O/c1-10(17)14-6-11(16)4-5-15(14)19-9-13(20)7-12(19)8-18(2)3/h4-6,10,12-13,20H,7-9,17H2,1-3H3/t10-,12?,13?/m0/s1. The topological polar surface area (TPSA) is 52.7 Å². The molecular weight excluding hydrogens is 257 g/mol. The van der Waals surface area contributed by atoms with Crippen LogP contribution in [-0.2, 0) is 0 Å². The minimum absolute atomic E-state index is 0.225. The summed E-state index contributed by atoms with van der Waals surface area (Å²) in [5.41, 5.74) is 7.70. The Morgan fingerprint density at radius 2 is 2.20 bits per heavy atom. The molecule has 112 valence electrons. The van der Waals surface area contributed by atoms with E-state index in [9.17, 15) is 9.50 Å². The van der Waals surface area contributed by atoms with Gasteiger partial charge in [0.05, 0.1) is 6.10 Å². The maximum Gasteiger partial charge on any atom is 0.123 e. The molecule has 20 heavy (non-hydrogen) atoms. The highest BCUT2D eigenvalue weighted by Crippen LogP contribution is 2.32. The highest BCUT2D eigenvalue weighted by atomic mass is 19.1. The molecule has 3 atom stereocenters. The lowest BCUT2D eigenvalue weighted by molar-refractivity contribution is 0.191. The Kier molecular flexibility index (Phi) is 4.62. The summed E-state index contributed by atoms with van der Waals surface area (Å²) >= 11 is 0. The molecule has 0 radical (unpaired) electrons. The number of nitrogens with two attached hydrogens (primary N) is 1. The first-order valence-electron chi connectivity index (χ1n) is 7.03. The molecule has 0 spiro atoms. The van der Waals surface area contributed by atoms with E-state index in [-0.39, 0.29) is 24.0 Å². The number of anilines is 1. The van der Waals surface area contributed by atoms with Crippen LogP contribution in [-0.4, -0.2) is 49.3 Å². The Labute approximate surface area is 120 Å². The molecule has 0 aliphatic carbocycles. The van der Waals surface area contributed by atoms with E-state index < -0.39 is 0 Å². The van der Waals surface area contributed by atoms with E-state index in [2.05, 4.69) is 9.80 Å². The molecule has 5 heteroatoms. The van der Waals surface area contributed by atoms with Crippen LogP contribution in [0.25, 0.3) is 0 Å². The van der Waals surface area contributed by atoms with Gasteiger partial charge in [-0.15, -0.1) is 0 Å². The first-order valence-corrected chi connectivity index (χ1v) is 7.03. The van der Waals surface area contributed by atoms with Crippen LogP contribution >= 0.6 is 0 Å². The normalized spacial score (nSPS) is 24.4. The molecule has 0 saturated carbocycles. The molecule has 2 unspecified atom stereocenters. The second-order valence-corrected chi connectivity index (χ2v) is 5.95. The molecule has 1 heterocycles. The number of aliphatic hydroxyl groups excluding tert-OH is 1.